The second-order valence-electron chi connectivity index (χ2n) is 7.01. The molecule has 21 heavy (non-hydrogen) atoms. The van der Waals surface area contributed by atoms with E-state index >= 15 is 0 Å². The van der Waals surface area contributed by atoms with Gasteiger partial charge in [0.05, 0.1) is 0 Å². The van der Waals surface area contributed by atoms with E-state index in [0.717, 1.165) is 24.7 Å². The van der Waals surface area contributed by atoms with Crippen molar-refractivity contribution in [3.63, 3.8) is 0 Å². The van der Waals surface area contributed by atoms with Gasteiger partial charge in [-0.1, -0.05) is 56.5 Å². The van der Waals surface area contributed by atoms with E-state index in [1.165, 1.54) is 31.2 Å². The summed E-state index contributed by atoms with van der Waals surface area (Å²) >= 11 is 6.28. The van der Waals surface area contributed by atoms with Gasteiger partial charge in [-0.3, -0.25) is 0 Å². The molecule has 1 N–H and O–H groups in total. The molecule has 1 aromatic rings. The lowest BCUT2D eigenvalue weighted by atomic mass is 9.85. The monoisotopic (exact) mass is 308 g/mol. The highest BCUT2D eigenvalue weighted by molar-refractivity contribution is 6.31. The molecule has 0 radical (unpaired) electrons. The van der Waals surface area contributed by atoms with Crippen molar-refractivity contribution in [1.82, 2.24) is 10.2 Å². The van der Waals surface area contributed by atoms with Crippen molar-refractivity contribution in [2.75, 3.05) is 20.1 Å². The molecule has 0 saturated heterocycles. The summed E-state index contributed by atoms with van der Waals surface area (Å²) in [5.41, 5.74) is 1.67. The minimum Gasteiger partial charge on any atom is -0.314 e. The Kier molecular flexibility index (Phi) is 6.09. The van der Waals surface area contributed by atoms with Gasteiger partial charge in [-0.25, -0.2) is 0 Å². The summed E-state index contributed by atoms with van der Waals surface area (Å²) in [5.74, 6) is 0. The highest BCUT2D eigenvalue weighted by Gasteiger charge is 2.34. The molecule has 0 aromatic heterocycles. The Morgan fingerprint density at radius 1 is 1.24 bits per heavy atom. The number of rotatable bonds is 7. The van der Waals surface area contributed by atoms with Gasteiger partial charge in [-0.05, 0) is 36.9 Å². The van der Waals surface area contributed by atoms with Crippen LogP contribution >= 0.6 is 11.6 Å². The van der Waals surface area contributed by atoms with Crippen LogP contribution in [0.1, 0.15) is 45.1 Å². The van der Waals surface area contributed by atoms with Gasteiger partial charge in [0.15, 0.2) is 0 Å². The molecule has 1 aromatic carbocycles. The lowest BCUT2D eigenvalue weighted by molar-refractivity contribution is 0.164. The Balaban J connectivity index is 1.95. The van der Waals surface area contributed by atoms with Crippen LogP contribution in [0.2, 0.25) is 5.02 Å². The zero-order valence-electron chi connectivity index (χ0n) is 13.7. The third-order valence-corrected chi connectivity index (χ3v) is 4.92. The molecule has 0 aliphatic heterocycles. The number of hydrogen-bond acceptors (Lipinski definition) is 2. The van der Waals surface area contributed by atoms with Crippen LogP contribution in [0, 0.1) is 5.41 Å². The van der Waals surface area contributed by atoms with Crippen LogP contribution in [0.5, 0.6) is 0 Å². The molecule has 0 bridgehead atoms. The molecule has 2 nitrogen and oxygen atoms in total. The molecule has 3 heteroatoms. The highest BCUT2D eigenvalue weighted by Crippen LogP contribution is 2.38. The van der Waals surface area contributed by atoms with Crippen LogP contribution in [0.4, 0.5) is 0 Å². The molecule has 2 rings (SSSR count). The van der Waals surface area contributed by atoms with E-state index in [0.29, 0.717) is 11.5 Å². The summed E-state index contributed by atoms with van der Waals surface area (Å²) in [5, 5.41) is 4.54. The molecule has 0 atom stereocenters. The fourth-order valence-corrected chi connectivity index (χ4v) is 3.68. The number of benzene rings is 1. The zero-order valence-corrected chi connectivity index (χ0v) is 14.4. The first-order chi connectivity index (χ1) is 10.0. The quantitative estimate of drug-likeness (QED) is 0.806. The average Bonchev–Trinajstić information content (AvgIpc) is 2.88. The Labute approximate surface area is 134 Å². The fourth-order valence-electron chi connectivity index (χ4n) is 3.48. The lowest BCUT2D eigenvalue weighted by Crippen LogP contribution is -2.43. The second kappa shape index (κ2) is 7.62. The van der Waals surface area contributed by atoms with Gasteiger partial charge in [0.25, 0.3) is 0 Å². The van der Waals surface area contributed by atoms with Crippen molar-refractivity contribution in [3.8, 4) is 0 Å². The van der Waals surface area contributed by atoms with Gasteiger partial charge >= 0.3 is 0 Å². The second-order valence-corrected chi connectivity index (χ2v) is 7.41. The van der Waals surface area contributed by atoms with Gasteiger partial charge in [0, 0.05) is 30.7 Å². The van der Waals surface area contributed by atoms with Gasteiger partial charge in [-0.15, -0.1) is 0 Å². The maximum Gasteiger partial charge on any atom is 0.0451 e. The average molecular weight is 309 g/mol. The lowest BCUT2D eigenvalue weighted by Gasteiger charge is -2.35. The standard InChI is InChI=1S/C18H29ClN2/c1-15(2)20-13-18(10-6-7-11-18)14-21(3)12-16-8-4-5-9-17(16)19/h4-5,8-9,15,20H,6-7,10-14H2,1-3H3. The molecule has 0 amide bonds. The van der Waals surface area contributed by atoms with Crippen molar-refractivity contribution in [1.29, 1.82) is 0 Å². The summed E-state index contributed by atoms with van der Waals surface area (Å²) in [4.78, 5) is 2.44. The molecule has 0 unspecified atom stereocenters. The van der Waals surface area contributed by atoms with Crippen LogP contribution in [0.3, 0.4) is 0 Å². The molecule has 1 saturated carbocycles. The van der Waals surface area contributed by atoms with E-state index in [1.807, 2.05) is 12.1 Å². The van der Waals surface area contributed by atoms with Gasteiger partial charge in [0.1, 0.15) is 0 Å². The molecular formula is C18H29ClN2. The van der Waals surface area contributed by atoms with E-state index < -0.39 is 0 Å². The molecule has 0 heterocycles. The number of nitrogens with one attached hydrogen (secondary N) is 1. The topological polar surface area (TPSA) is 15.3 Å². The SMILES string of the molecule is CC(C)NCC1(CN(C)Cc2ccccc2Cl)CCCC1. The first-order valence-electron chi connectivity index (χ1n) is 8.16. The summed E-state index contributed by atoms with van der Waals surface area (Å²) < 4.78 is 0. The number of halogens is 1. The van der Waals surface area contributed by atoms with E-state index in [4.69, 9.17) is 11.6 Å². The van der Waals surface area contributed by atoms with Crippen molar-refractivity contribution in [2.45, 2.75) is 52.1 Å². The third-order valence-electron chi connectivity index (χ3n) is 4.55. The largest absolute Gasteiger partial charge is 0.314 e. The predicted octanol–water partition coefficient (Wildman–Crippen LogP) is 4.33. The minimum atomic E-state index is 0.445. The third kappa shape index (κ3) is 4.98. The maximum atomic E-state index is 6.28. The van der Waals surface area contributed by atoms with Crippen LogP contribution in [-0.2, 0) is 6.54 Å². The number of nitrogens with zero attached hydrogens (tertiary/aromatic N) is 1. The van der Waals surface area contributed by atoms with Crippen LogP contribution < -0.4 is 5.32 Å². The Hall–Kier alpha value is -0.570. The van der Waals surface area contributed by atoms with Crippen molar-refractivity contribution in [2.24, 2.45) is 5.41 Å². The summed E-state index contributed by atoms with van der Waals surface area (Å²) in [7, 11) is 2.22. The highest BCUT2D eigenvalue weighted by atomic mass is 35.5. The normalized spacial score (nSPS) is 17.8. The Bertz CT molecular complexity index is 439. The minimum absolute atomic E-state index is 0.445. The van der Waals surface area contributed by atoms with Crippen molar-refractivity contribution >= 4 is 11.6 Å². The smallest absolute Gasteiger partial charge is 0.0451 e. The Morgan fingerprint density at radius 3 is 2.52 bits per heavy atom. The fraction of sp³-hybridized carbons (Fsp3) is 0.667. The number of hydrogen-bond donors (Lipinski definition) is 1. The summed E-state index contributed by atoms with van der Waals surface area (Å²) in [6.07, 6.45) is 5.44. The van der Waals surface area contributed by atoms with Crippen LogP contribution in [-0.4, -0.2) is 31.1 Å². The van der Waals surface area contributed by atoms with Gasteiger partial charge in [-0.2, -0.15) is 0 Å². The van der Waals surface area contributed by atoms with Crippen LogP contribution in [0.25, 0.3) is 0 Å². The molecule has 1 aliphatic rings. The van der Waals surface area contributed by atoms with E-state index in [9.17, 15) is 0 Å². The first kappa shape index (κ1) is 16.8. The maximum absolute atomic E-state index is 6.28. The predicted molar refractivity (Wildman–Crippen MR) is 91.8 cm³/mol. The summed E-state index contributed by atoms with van der Waals surface area (Å²) in [6, 6.07) is 8.75. The van der Waals surface area contributed by atoms with E-state index in [1.54, 1.807) is 0 Å². The van der Waals surface area contributed by atoms with Crippen molar-refractivity contribution < 1.29 is 0 Å². The van der Waals surface area contributed by atoms with Crippen molar-refractivity contribution in [3.05, 3.63) is 34.9 Å². The molecule has 1 fully saturated rings. The molecule has 118 valence electrons. The van der Waals surface area contributed by atoms with Crippen LogP contribution in [0.15, 0.2) is 24.3 Å². The zero-order chi connectivity index (χ0) is 15.3. The Morgan fingerprint density at radius 2 is 1.90 bits per heavy atom. The van der Waals surface area contributed by atoms with Gasteiger partial charge in [0.2, 0.25) is 0 Å². The van der Waals surface area contributed by atoms with E-state index in [-0.39, 0.29) is 0 Å². The molecule has 1 aliphatic carbocycles. The molecular weight excluding hydrogens is 280 g/mol. The first-order valence-corrected chi connectivity index (χ1v) is 8.54. The summed E-state index contributed by atoms with van der Waals surface area (Å²) in [6.45, 7) is 7.69. The van der Waals surface area contributed by atoms with Gasteiger partial charge < -0.3 is 10.2 Å². The van der Waals surface area contributed by atoms with E-state index in [2.05, 4.69) is 43.2 Å². The molecule has 0 spiro atoms.